The van der Waals surface area contributed by atoms with Crippen LogP contribution in [-0.2, 0) is 49.3 Å². The van der Waals surface area contributed by atoms with Gasteiger partial charge in [-0.15, -0.1) is 0 Å². The molecule has 0 bridgehead atoms. The predicted octanol–water partition coefficient (Wildman–Crippen LogP) is 4.35. The third-order valence-electron chi connectivity index (χ3n) is 5.09. The van der Waals surface area contributed by atoms with Gasteiger partial charge >= 0.3 is 26.4 Å². The molecule has 0 atom stereocenters. The van der Waals surface area contributed by atoms with Crippen LogP contribution in [0.5, 0.6) is 0 Å². The van der Waals surface area contributed by atoms with Gasteiger partial charge in [0.05, 0.1) is 0 Å². The maximum atomic E-state index is 6.30. The van der Waals surface area contributed by atoms with Crippen LogP contribution in [0.2, 0.25) is 6.04 Å². The van der Waals surface area contributed by atoms with Crippen molar-refractivity contribution in [3.63, 3.8) is 0 Å². The van der Waals surface area contributed by atoms with Gasteiger partial charge in [0.15, 0.2) is 6.29 Å². The lowest BCUT2D eigenvalue weighted by Gasteiger charge is -2.32. The summed E-state index contributed by atoms with van der Waals surface area (Å²) in [4.78, 5) is 0. The molecule has 0 amide bonds. The Labute approximate surface area is 235 Å². The molecule has 14 heteroatoms. The molecule has 0 aliphatic carbocycles. The van der Waals surface area contributed by atoms with E-state index < -0.39 is 32.7 Å². The number of hydrogen-bond donors (Lipinski definition) is 0. The van der Waals surface area contributed by atoms with Crippen molar-refractivity contribution in [2.75, 3.05) is 71.9 Å². The van der Waals surface area contributed by atoms with E-state index in [-0.39, 0.29) is 12.5 Å². The van der Waals surface area contributed by atoms with E-state index >= 15 is 0 Å². The van der Waals surface area contributed by atoms with E-state index in [0.717, 1.165) is 0 Å². The van der Waals surface area contributed by atoms with Gasteiger partial charge in [-0.2, -0.15) is 0 Å². The Kier molecular flexibility index (Phi) is 23.0. The number of rotatable bonds is 28. The molecule has 0 rings (SSSR count). The molecule has 0 fully saturated rings. The molecule has 0 aromatic carbocycles. The Balaban J connectivity index is 5.74. The van der Waals surface area contributed by atoms with Crippen LogP contribution in [0, 0.1) is 0 Å². The highest BCUT2D eigenvalue weighted by atomic mass is 28.4. The first-order valence-electron chi connectivity index (χ1n) is 14.3. The maximum absolute atomic E-state index is 6.30. The summed E-state index contributed by atoms with van der Waals surface area (Å²) in [6.45, 7) is 21.7. The van der Waals surface area contributed by atoms with Gasteiger partial charge in [-0.1, -0.05) is 0 Å². The molecule has 0 N–H and O–H groups in total. The molecular weight excluding hydrogens is 549 g/mol. The summed E-state index contributed by atoms with van der Waals surface area (Å²) in [5, 5.41) is 0. The summed E-state index contributed by atoms with van der Waals surface area (Å²) in [7, 11) is -8.88. The molecule has 0 spiro atoms. The van der Waals surface area contributed by atoms with Gasteiger partial charge in [-0.3, -0.25) is 0 Å². The van der Waals surface area contributed by atoms with Gasteiger partial charge in [0.2, 0.25) is 0 Å². The average Bonchev–Trinajstić information content (AvgIpc) is 2.87. The summed E-state index contributed by atoms with van der Waals surface area (Å²) in [5.74, 6) is 0. The Hall–Kier alpha value is 0.211. The minimum atomic E-state index is -3.04. The predicted molar refractivity (Wildman–Crippen MR) is 152 cm³/mol. The normalized spacial score (nSPS) is 13.1. The van der Waals surface area contributed by atoms with Crippen molar-refractivity contribution in [1.29, 1.82) is 0 Å². The highest BCUT2D eigenvalue weighted by molar-refractivity contribution is 6.61. The zero-order valence-corrected chi connectivity index (χ0v) is 28.5. The molecule has 0 aliphatic heterocycles. The van der Waals surface area contributed by atoms with Crippen molar-refractivity contribution in [3.05, 3.63) is 0 Å². The molecule has 0 aromatic rings. The van der Waals surface area contributed by atoms with Gasteiger partial charge in [-0.25, -0.2) is 0 Å². The second-order valence-corrected chi connectivity index (χ2v) is 15.7. The average molecular weight is 605 g/mol. The Bertz CT molecular complexity index is 468. The quantitative estimate of drug-likeness (QED) is 0.0941. The molecule has 11 nitrogen and oxygen atoms in total. The molecule has 0 saturated carbocycles. The summed E-state index contributed by atoms with van der Waals surface area (Å²) in [5.41, 5.74) is 0. The zero-order chi connectivity index (χ0) is 28.8. The lowest BCUT2D eigenvalue weighted by atomic mass is 10.3. The molecule has 0 saturated heterocycles. The fourth-order valence-corrected chi connectivity index (χ4v) is 11.0. The minimum Gasteiger partial charge on any atom is -0.374 e. The monoisotopic (exact) mass is 604 g/mol. The van der Waals surface area contributed by atoms with Gasteiger partial charge in [0, 0.05) is 65.5 Å². The van der Waals surface area contributed by atoms with E-state index in [4.69, 9.17) is 49.3 Å². The molecule has 0 heterocycles. The molecule has 0 aromatic heterocycles. The molecular formula is C24H56O11Si3. The van der Waals surface area contributed by atoms with E-state index in [1.807, 2.05) is 62.3 Å². The first-order chi connectivity index (χ1) is 18.3. The summed E-state index contributed by atoms with van der Waals surface area (Å²) < 4.78 is 66.5. The van der Waals surface area contributed by atoms with Gasteiger partial charge in [-0.05, 0) is 75.2 Å². The lowest BCUT2D eigenvalue weighted by Crippen LogP contribution is -2.53. The first-order valence-corrected chi connectivity index (χ1v) is 20.1. The Morgan fingerprint density at radius 2 is 0.658 bits per heavy atom. The van der Waals surface area contributed by atoms with Crippen molar-refractivity contribution < 1.29 is 49.3 Å². The van der Waals surface area contributed by atoms with Crippen LogP contribution in [0.25, 0.3) is 0 Å². The van der Waals surface area contributed by atoms with Crippen molar-refractivity contribution in [1.82, 2.24) is 0 Å². The topological polar surface area (TPSA) is 102 Å². The SMILES string of the molecule is CCO[Si](CCCC(OC[Si](OCC)(OCC)OCC)OC[Si](OCC)(OCC)OCC)(OCC)OCC. The molecule has 38 heavy (non-hydrogen) atoms. The first kappa shape index (κ1) is 38.2. The van der Waals surface area contributed by atoms with Gasteiger partial charge in [0.1, 0.15) is 12.5 Å². The second kappa shape index (κ2) is 22.8. The van der Waals surface area contributed by atoms with Crippen molar-refractivity contribution in [2.24, 2.45) is 0 Å². The standard InChI is InChI=1S/C24H56O11Si3/c1-10-27-36(28-11-2,29-12-3)21-19-20-24(25-22-37(30-13-4,31-14-5)32-15-6)26-23-38(33-16-7,34-17-8)35-18-9/h24H,10-23H2,1-9H3. The maximum Gasteiger partial charge on any atom is 0.528 e. The highest BCUT2D eigenvalue weighted by Gasteiger charge is 2.45. The van der Waals surface area contributed by atoms with Crippen molar-refractivity contribution in [3.8, 4) is 0 Å². The second-order valence-electron chi connectivity index (χ2n) is 7.89. The molecule has 0 unspecified atom stereocenters. The fraction of sp³-hybridized carbons (Fsp3) is 1.00. The number of ether oxygens (including phenoxy) is 2. The van der Waals surface area contributed by atoms with E-state index in [1.54, 1.807) is 0 Å². The van der Waals surface area contributed by atoms with Gasteiger partial charge in [0.25, 0.3) is 0 Å². The summed E-state index contributed by atoms with van der Waals surface area (Å²) in [6.07, 6.45) is 0.976. The summed E-state index contributed by atoms with van der Waals surface area (Å²) >= 11 is 0. The fourth-order valence-electron chi connectivity index (χ4n) is 3.91. The van der Waals surface area contributed by atoms with Crippen LogP contribution in [0.3, 0.4) is 0 Å². The largest absolute Gasteiger partial charge is 0.528 e. The zero-order valence-electron chi connectivity index (χ0n) is 25.5. The molecule has 230 valence electrons. The Morgan fingerprint density at radius 1 is 0.395 bits per heavy atom. The smallest absolute Gasteiger partial charge is 0.374 e. The van der Waals surface area contributed by atoms with Crippen LogP contribution >= 0.6 is 0 Å². The van der Waals surface area contributed by atoms with E-state index in [0.29, 0.717) is 78.3 Å². The lowest BCUT2D eigenvalue weighted by molar-refractivity contribution is -0.145. The highest BCUT2D eigenvalue weighted by Crippen LogP contribution is 2.23. The van der Waals surface area contributed by atoms with Crippen LogP contribution in [0.15, 0.2) is 0 Å². The van der Waals surface area contributed by atoms with E-state index in [1.165, 1.54) is 0 Å². The van der Waals surface area contributed by atoms with Crippen LogP contribution in [-0.4, -0.2) is 105 Å². The van der Waals surface area contributed by atoms with E-state index in [9.17, 15) is 0 Å². The molecule has 0 aliphatic rings. The van der Waals surface area contributed by atoms with Crippen LogP contribution in [0.4, 0.5) is 0 Å². The van der Waals surface area contributed by atoms with E-state index in [2.05, 4.69) is 0 Å². The van der Waals surface area contributed by atoms with Crippen LogP contribution < -0.4 is 0 Å². The van der Waals surface area contributed by atoms with Crippen molar-refractivity contribution in [2.45, 2.75) is 87.5 Å². The van der Waals surface area contributed by atoms with Crippen LogP contribution in [0.1, 0.15) is 75.2 Å². The molecule has 0 radical (unpaired) electrons. The number of hydrogen-bond acceptors (Lipinski definition) is 11. The third-order valence-corrected chi connectivity index (χ3v) is 13.7. The summed E-state index contributed by atoms with van der Waals surface area (Å²) in [6, 6.07) is 0.641. The third kappa shape index (κ3) is 14.7. The minimum absolute atomic E-state index is 0.157. The Morgan fingerprint density at radius 3 is 0.921 bits per heavy atom. The van der Waals surface area contributed by atoms with Gasteiger partial charge < -0.3 is 49.3 Å². The van der Waals surface area contributed by atoms with Crippen molar-refractivity contribution >= 4 is 26.4 Å².